The summed E-state index contributed by atoms with van der Waals surface area (Å²) in [6, 6.07) is 7.93. The molecule has 0 radical (unpaired) electrons. The van der Waals surface area contributed by atoms with Gasteiger partial charge in [0.25, 0.3) is 0 Å². The summed E-state index contributed by atoms with van der Waals surface area (Å²) in [5.74, 6) is 0.855. The van der Waals surface area contributed by atoms with Gasteiger partial charge >= 0.3 is 0 Å². The van der Waals surface area contributed by atoms with Gasteiger partial charge in [-0.05, 0) is 47.8 Å². The zero-order valence-electron chi connectivity index (χ0n) is 16.7. The van der Waals surface area contributed by atoms with Crippen LogP contribution in [-0.2, 0) is 15.8 Å². The third kappa shape index (κ3) is 6.81. The van der Waals surface area contributed by atoms with Gasteiger partial charge < -0.3 is 13.9 Å². The third-order valence-corrected chi connectivity index (χ3v) is 9.36. The molecule has 0 fully saturated rings. The van der Waals surface area contributed by atoms with Crippen LogP contribution in [0.4, 0.5) is 0 Å². The van der Waals surface area contributed by atoms with Crippen molar-refractivity contribution in [2.75, 3.05) is 13.7 Å². The molecule has 1 atom stereocenters. The molecule has 0 aromatic heterocycles. The summed E-state index contributed by atoms with van der Waals surface area (Å²) >= 11 is 0. The monoisotopic (exact) mass is 362 g/mol. The van der Waals surface area contributed by atoms with Crippen LogP contribution >= 0.6 is 0 Å². The number of rotatable bonds is 10. The van der Waals surface area contributed by atoms with E-state index >= 15 is 0 Å². The second-order valence-electron chi connectivity index (χ2n) is 7.84. The average Bonchev–Trinajstić information content (AvgIpc) is 2.56. The molecule has 0 bridgehead atoms. The van der Waals surface area contributed by atoms with E-state index < -0.39 is 8.32 Å². The lowest BCUT2D eigenvalue weighted by molar-refractivity contribution is 0.0888. The summed E-state index contributed by atoms with van der Waals surface area (Å²) in [4.78, 5) is 0. The van der Waals surface area contributed by atoms with Crippen LogP contribution in [-0.4, -0.2) is 28.1 Å². The van der Waals surface area contributed by atoms with Gasteiger partial charge in [-0.15, -0.1) is 0 Å². The third-order valence-electron chi connectivity index (χ3n) is 4.87. The zero-order valence-corrected chi connectivity index (χ0v) is 17.7. The van der Waals surface area contributed by atoms with Gasteiger partial charge in [-0.1, -0.05) is 52.1 Å². The molecule has 0 aliphatic rings. The van der Waals surface area contributed by atoms with Crippen LogP contribution in [0.5, 0.6) is 5.75 Å². The molecule has 0 N–H and O–H groups in total. The van der Waals surface area contributed by atoms with Gasteiger partial charge in [0.1, 0.15) is 5.75 Å². The minimum atomic E-state index is -1.86. The first kappa shape index (κ1) is 21.7. The molecule has 0 heterocycles. The lowest BCUT2D eigenvalue weighted by Gasteiger charge is -2.39. The highest BCUT2D eigenvalue weighted by atomic mass is 28.4. The van der Waals surface area contributed by atoms with E-state index in [1.165, 1.54) is 0 Å². The van der Waals surface area contributed by atoms with Crippen LogP contribution in [0.2, 0.25) is 18.1 Å². The van der Waals surface area contributed by atoms with Gasteiger partial charge in [0.05, 0.1) is 19.8 Å². The van der Waals surface area contributed by atoms with E-state index in [0.717, 1.165) is 23.3 Å². The van der Waals surface area contributed by atoms with Gasteiger partial charge in [-0.2, -0.15) is 0 Å². The van der Waals surface area contributed by atoms with Gasteiger partial charge in [0.2, 0.25) is 0 Å². The topological polar surface area (TPSA) is 27.7 Å². The summed E-state index contributed by atoms with van der Waals surface area (Å²) in [6.45, 7) is 20.4. The first-order valence-corrected chi connectivity index (χ1v) is 11.7. The Balaban J connectivity index is 2.56. The van der Waals surface area contributed by atoms with E-state index in [-0.39, 0.29) is 11.1 Å². The molecule has 25 heavy (non-hydrogen) atoms. The molecule has 0 unspecified atom stereocenters. The van der Waals surface area contributed by atoms with Crippen molar-refractivity contribution in [1.82, 2.24) is 0 Å². The van der Waals surface area contributed by atoms with Gasteiger partial charge in [0.15, 0.2) is 8.32 Å². The quantitative estimate of drug-likeness (QED) is 0.302. The molecule has 1 aromatic carbocycles. The summed E-state index contributed by atoms with van der Waals surface area (Å²) < 4.78 is 17.5. The SMILES string of the molecule is C=CC(=C)[C@@H](CCOCc1ccc(OC)cc1)O[Si](C)(C)C(C)(C)C. The van der Waals surface area contributed by atoms with E-state index in [1.54, 1.807) is 13.2 Å². The Labute approximate surface area is 154 Å². The average molecular weight is 363 g/mol. The van der Waals surface area contributed by atoms with Crippen molar-refractivity contribution in [3.8, 4) is 5.75 Å². The number of hydrogen-bond acceptors (Lipinski definition) is 3. The summed E-state index contributed by atoms with van der Waals surface area (Å²) in [6.07, 6.45) is 2.55. The second-order valence-corrected chi connectivity index (χ2v) is 12.6. The molecule has 3 nitrogen and oxygen atoms in total. The molecule has 0 amide bonds. The maximum atomic E-state index is 6.51. The van der Waals surface area contributed by atoms with Gasteiger partial charge in [0, 0.05) is 6.61 Å². The first-order chi connectivity index (χ1) is 11.6. The van der Waals surface area contributed by atoms with Gasteiger partial charge in [-0.25, -0.2) is 0 Å². The fourth-order valence-corrected chi connectivity index (χ4v) is 3.42. The molecule has 0 spiro atoms. The number of methoxy groups -OCH3 is 1. The Hall–Kier alpha value is -1.36. The summed E-state index contributed by atoms with van der Waals surface area (Å²) in [5.41, 5.74) is 2.06. The van der Waals surface area contributed by atoms with Crippen LogP contribution < -0.4 is 4.74 Å². The maximum Gasteiger partial charge on any atom is 0.192 e. The van der Waals surface area contributed by atoms with Crippen molar-refractivity contribution in [2.45, 2.75) is 58.0 Å². The molecule has 0 aliphatic heterocycles. The Morgan fingerprint density at radius 1 is 1.20 bits per heavy atom. The zero-order chi connectivity index (χ0) is 19.1. The molecular formula is C21H34O3Si. The van der Waals surface area contributed by atoms with Crippen LogP contribution in [0.15, 0.2) is 49.1 Å². The Morgan fingerprint density at radius 3 is 2.28 bits per heavy atom. The fraction of sp³-hybridized carbons (Fsp3) is 0.524. The summed E-state index contributed by atoms with van der Waals surface area (Å²) in [7, 11) is -0.193. The van der Waals surface area contributed by atoms with Crippen molar-refractivity contribution >= 4 is 8.32 Å². The highest BCUT2D eigenvalue weighted by Gasteiger charge is 2.39. The minimum Gasteiger partial charge on any atom is -0.497 e. The molecule has 1 rings (SSSR count). The van der Waals surface area contributed by atoms with Crippen molar-refractivity contribution in [3.63, 3.8) is 0 Å². The fourth-order valence-electron chi connectivity index (χ4n) is 2.09. The van der Waals surface area contributed by atoms with Crippen molar-refractivity contribution in [2.24, 2.45) is 0 Å². The van der Waals surface area contributed by atoms with E-state index in [1.807, 2.05) is 24.3 Å². The number of benzene rings is 1. The lowest BCUT2D eigenvalue weighted by Crippen LogP contribution is -2.44. The van der Waals surface area contributed by atoms with Crippen LogP contribution in [0, 0.1) is 0 Å². The standard InChI is InChI=1S/C21H34O3Si/c1-9-17(2)20(24-25(7,8)21(3,4)5)14-15-23-16-18-10-12-19(22-6)13-11-18/h9-13,20H,1-2,14-16H2,3-8H3/t20-/m1/s1. The maximum absolute atomic E-state index is 6.51. The largest absolute Gasteiger partial charge is 0.497 e. The number of ether oxygens (including phenoxy) is 2. The molecule has 1 aromatic rings. The highest BCUT2D eigenvalue weighted by molar-refractivity contribution is 6.74. The second kappa shape index (κ2) is 9.37. The Kier molecular flexibility index (Phi) is 8.12. The normalized spacial score (nSPS) is 13.4. The van der Waals surface area contributed by atoms with Crippen LogP contribution in [0.3, 0.4) is 0 Å². The lowest BCUT2D eigenvalue weighted by atomic mass is 10.1. The van der Waals surface area contributed by atoms with Crippen LogP contribution in [0.25, 0.3) is 0 Å². The van der Waals surface area contributed by atoms with E-state index in [9.17, 15) is 0 Å². The Morgan fingerprint density at radius 2 is 1.80 bits per heavy atom. The van der Waals surface area contributed by atoms with E-state index in [4.69, 9.17) is 13.9 Å². The molecule has 0 saturated carbocycles. The first-order valence-electron chi connectivity index (χ1n) is 8.80. The van der Waals surface area contributed by atoms with Crippen molar-refractivity contribution < 1.29 is 13.9 Å². The Bertz CT molecular complexity index is 555. The summed E-state index contributed by atoms with van der Waals surface area (Å²) in [5, 5.41) is 0.163. The molecule has 0 aliphatic carbocycles. The number of hydrogen-bond donors (Lipinski definition) is 0. The van der Waals surface area contributed by atoms with Crippen molar-refractivity contribution in [1.29, 1.82) is 0 Å². The molecule has 0 saturated heterocycles. The predicted octanol–water partition coefficient (Wildman–Crippen LogP) is 5.73. The van der Waals surface area contributed by atoms with Crippen molar-refractivity contribution in [3.05, 3.63) is 54.6 Å². The molecule has 140 valence electrons. The molecule has 4 heteroatoms. The van der Waals surface area contributed by atoms with Gasteiger partial charge in [-0.3, -0.25) is 0 Å². The minimum absolute atomic E-state index is 0.0331. The highest BCUT2D eigenvalue weighted by Crippen LogP contribution is 2.38. The van der Waals surface area contributed by atoms with E-state index in [2.05, 4.69) is 47.0 Å². The predicted molar refractivity (Wildman–Crippen MR) is 109 cm³/mol. The smallest absolute Gasteiger partial charge is 0.192 e. The van der Waals surface area contributed by atoms with Crippen LogP contribution in [0.1, 0.15) is 32.8 Å². The molecular weight excluding hydrogens is 328 g/mol. The van der Waals surface area contributed by atoms with E-state index in [0.29, 0.717) is 13.2 Å².